The van der Waals surface area contributed by atoms with Crippen LogP contribution in [-0.4, -0.2) is 34.6 Å². The van der Waals surface area contributed by atoms with E-state index in [1.807, 2.05) is 19.1 Å². The maximum absolute atomic E-state index is 12.3. The van der Waals surface area contributed by atoms with Gasteiger partial charge in [-0.05, 0) is 50.2 Å². The number of amidine groups is 1. The van der Waals surface area contributed by atoms with Crippen molar-refractivity contribution in [2.45, 2.75) is 25.5 Å². The minimum absolute atomic E-state index is 0.00307. The van der Waals surface area contributed by atoms with Gasteiger partial charge in [0.25, 0.3) is 0 Å². The molecule has 3 rings (SSSR count). The largest absolute Gasteiger partial charge is 0.494 e. The van der Waals surface area contributed by atoms with Gasteiger partial charge in [-0.2, -0.15) is 0 Å². The van der Waals surface area contributed by atoms with Gasteiger partial charge in [-0.1, -0.05) is 23.9 Å². The number of amides is 2. The van der Waals surface area contributed by atoms with E-state index < -0.39 is 5.25 Å². The Morgan fingerprint density at radius 2 is 1.97 bits per heavy atom. The lowest BCUT2D eigenvalue weighted by atomic mass is 10.1. The van der Waals surface area contributed by atoms with Gasteiger partial charge in [-0.15, -0.1) is 0 Å². The molecule has 7 nitrogen and oxygen atoms in total. The van der Waals surface area contributed by atoms with Gasteiger partial charge in [0.2, 0.25) is 11.8 Å². The van der Waals surface area contributed by atoms with E-state index in [2.05, 4.69) is 15.6 Å². The smallest absolute Gasteiger partial charge is 0.240 e. The van der Waals surface area contributed by atoms with Crippen molar-refractivity contribution in [1.82, 2.24) is 5.32 Å². The Kier molecular flexibility index (Phi) is 6.66. The van der Waals surface area contributed by atoms with Crippen LogP contribution < -0.4 is 15.4 Å². The number of carbonyl (C=O) groups excluding carboxylic acids is 3. The van der Waals surface area contributed by atoms with Gasteiger partial charge in [-0.25, -0.2) is 4.99 Å². The number of hydrogen-bond donors (Lipinski definition) is 2. The van der Waals surface area contributed by atoms with Crippen LogP contribution in [0.2, 0.25) is 0 Å². The molecule has 0 unspecified atom stereocenters. The predicted octanol–water partition coefficient (Wildman–Crippen LogP) is 3.54. The summed E-state index contributed by atoms with van der Waals surface area (Å²) in [5, 5.41) is 5.32. The van der Waals surface area contributed by atoms with E-state index in [-0.39, 0.29) is 24.0 Å². The molecule has 0 bridgehead atoms. The lowest BCUT2D eigenvalue weighted by molar-refractivity contribution is -0.122. The molecule has 1 atom stereocenters. The Hall–Kier alpha value is -3.13. The molecule has 1 aliphatic rings. The van der Waals surface area contributed by atoms with Crippen LogP contribution in [0, 0.1) is 0 Å². The van der Waals surface area contributed by atoms with Crippen LogP contribution in [0.5, 0.6) is 5.75 Å². The molecule has 0 aromatic heterocycles. The highest BCUT2D eigenvalue weighted by molar-refractivity contribution is 8.15. The number of anilines is 1. The second kappa shape index (κ2) is 9.38. The monoisotopic (exact) mass is 411 g/mol. The maximum atomic E-state index is 12.3. The van der Waals surface area contributed by atoms with Gasteiger partial charge >= 0.3 is 0 Å². The molecule has 1 fully saturated rings. The summed E-state index contributed by atoms with van der Waals surface area (Å²) >= 11 is 1.22. The number of thioether (sulfide) groups is 1. The molecule has 1 aliphatic heterocycles. The van der Waals surface area contributed by atoms with E-state index in [0.717, 1.165) is 5.75 Å². The van der Waals surface area contributed by atoms with Gasteiger partial charge in [0.1, 0.15) is 11.0 Å². The summed E-state index contributed by atoms with van der Waals surface area (Å²) < 4.78 is 5.39. The van der Waals surface area contributed by atoms with E-state index in [9.17, 15) is 14.4 Å². The summed E-state index contributed by atoms with van der Waals surface area (Å²) in [6, 6.07) is 13.9. The average molecular weight is 411 g/mol. The van der Waals surface area contributed by atoms with E-state index in [0.29, 0.717) is 28.7 Å². The third-order valence-electron chi connectivity index (χ3n) is 4.08. The Morgan fingerprint density at radius 3 is 2.66 bits per heavy atom. The normalized spacial score (nSPS) is 17.1. The number of benzene rings is 2. The molecule has 0 saturated carbocycles. The lowest BCUT2D eigenvalue weighted by Crippen LogP contribution is -2.28. The molecule has 1 heterocycles. The highest BCUT2D eigenvalue weighted by atomic mass is 32.2. The number of hydrogen-bond acceptors (Lipinski definition) is 6. The fraction of sp³-hybridized carbons (Fsp3) is 0.238. The second-order valence-electron chi connectivity index (χ2n) is 6.33. The Labute approximate surface area is 172 Å². The molecule has 0 spiro atoms. The van der Waals surface area contributed by atoms with Gasteiger partial charge in [0.05, 0.1) is 12.3 Å². The first-order valence-electron chi connectivity index (χ1n) is 9.14. The van der Waals surface area contributed by atoms with Crippen molar-refractivity contribution >= 4 is 45.9 Å². The van der Waals surface area contributed by atoms with Crippen molar-refractivity contribution < 1.29 is 19.1 Å². The number of ether oxygens (including phenoxy) is 1. The third-order valence-corrected chi connectivity index (χ3v) is 5.16. The summed E-state index contributed by atoms with van der Waals surface area (Å²) in [4.78, 5) is 40.4. The van der Waals surface area contributed by atoms with Gasteiger partial charge in [-0.3, -0.25) is 14.4 Å². The van der Waals surface area contributed by atoms with Crippen molar-refractivity contribution in [3.05, 3.63) is 54.1 Å². The zero-order valence-electron chi connectivity index (χ0n) is 16.1. The highest BCUT2D eigenvalue weighted by Gasteiger charge is 2.32. The van der Waals surface area contributed by atoms with Gasteiger partial charge in [0, 0.05) is 17.7 Å². The van der Waals surface area contributed by atoms with Crippen LogP contribution >= 0.6 is 11.8 Å². The molecule has 1 saturated heterocycles. The minimum Gasteiger partial charge on any atom is -0.494 e. The molecule has 2 aromatic carbocycles. The summed E-state index contributed by atoms with van der Waals surface area (Å²) in [5.74, 6) is 0.109. The molecule has 150 valence electrons. The molecule has 8 heteroatoms. The average Bonchev–Trinajstić information content (AvgIpc) is 3.02. The first kappa shape index (κ1) is 20.6. The molecule has 0 aliphatic carbocycles. The topological polar surface area (TPSA) is 96.9 Å². The summed E-state index contributed by atoms with van der Waals surface area (Å²) in [5.41, 5.74) is 1.72. The van der Waals surface area contributed by atoms with E-state index >= 15 is 0 Å². The van der Waals surface area contributed by atoms with Crippen molar-refractivity contribution in [1.29, 1.82) is 0 Å². The first-order valence-corrected chi connectivity index (χ1v) is 10.0. The van der Waals surface area contributed by atoms with Crippen molar-refractivity contribution in [2.24, 2.45) is 4.99 Å². The Balaban J connectivity index is 1.59. The fourth-order valence-corrected chi connectivity index (χ4v) is 3.68. The number of rotatable bonds is 7. The van der Waals surface area contributed by atoms with E-state index in [4.69, 9.17) is 4.74 Å². The summed E-state index contributed by atoms with van der Waals surface area (Å²) in [7, 11) is 0. The molecule has 29 heavy (non-hydrogen) atoms. The highest BCUT2D eigenvalue weighted by Crippen LogP contribution is 2.26. The van der Waals surface area contributed by atoms with Gasteiger partial charge < -0.3 is 15.4 Å². The summed E-state index contributed by atoms with van der Waals surface area (Å²) in [6.45, 7) is 3.96. The molecular formula is C21H21N3O4S. The zero-order chi connectivity index (χ0) is 20.8. The standard InChI is InChI=1S/C21H21N3O4S/c1-3-28-17-9-7-15(8-10-17)23-21-24-20(27)18(29-21)12-19(26)22-16-6-4-5-14(11-16)13(2)25/h4-11,18H,3,12H2,1-2H3,(H,22,26)(H,23,24,27)/t18-/m1/s1. The number of aliphatic imine (C=N–C) groups is 1. The van der Waals surface area contributed by atoms with Crippen molar-refractivity contribution in [3.8, 4) is 5.75 Å². The molecule has 2 N–H and O–H groups in total. The molecular weight excluding hydrogens is 390 g/mol. The van der Waals surface area contributed by atoms with Crippen LogP contribution in [0.4, 0.5) is 11.4 Å². The summed E-state index contributed by atoms with van der Waals surface area (Å²) in [6.07, 6.45) is 0.00307. The van der Waals surface area contributed by atoms with Crippen LogP contribution in [0.3, 0.4) is 0 Å². The van der Waals surface area contributed by atoms with Crippen LogP contribution in [-0.2, 0) is 9.59 Å². The van der Waals surface area contributed by atoms with Gasteiger partial charge in [0.15, 0.2) is 11.0 Å². The second-order valence-corrected chi connectivity index (χ2v) is 7.52. The Bertz CT molecular complexity index is 957. The number of nitrogens with one attached hydrogen (secondary N) is 2. The minimum atomic E-state index is -0.563. The quantitative estimate of drug-likeness (QED) is 0.680. The van der Waals surface area contributed by atoms with Crippen LogP contribution in [0.25, 0.3) is 0 Å². The Morgan fingerprint density at radius 1 is 1.21 bits per heavy atom. The van der Waals surface area contributed by atoms with Crippen molar-refractivity contribution in [2.75, 3.05) is 11.9 Å². The fourth-order valence-electron chi connectivity index (χ4n) is 2.69. The predicted molar refractivity (Wildman–Crippen MR) is 114 cm³/mol. The molecule has 2 aromatic rings. The van der Waals surface area contributed by atoms with Crippen LogP contribution in [0.15, 0.2) is 53.5 Å². The zero-order valence-corrected chi connectivity index (χ0v) is 16.9. The molecule has 0 radical (unpaired) electrons. The third kappa shape index (κ3) is 5.68. The lowest BCUT2D eigenvalue weighted by Gasteiger charge is -2.08. The number of carbonyl (C=O) groups is 3. The van der Waals surface area contributed by atoms with E-state index in [1.54, 1.807) is 36.4 Å². The van der Waals surface area contributed by atoms with Crippen molar-refractivity contribution in [3.63, 3.8) is 0 Å². The first-order chi connectivity index (χ1) is 13.9. The SMILES string of the molecule is CCOc1ccc(N=C2NC(=O)[C@@H](CC(=O)Nc3cccc(C(C)=O)c3)S2)cc1. The number of ketones is 1. The van der Waals surface area contributed by atoms with Crippen LogP contribution in [0.1, 0.15) is 30.6 Å². The maximum Gasteiger partial charge on any atom is 0.240 e. The number of Topliss-reactive ketones (excluding diaryl/α,β-unsaturated/α-hetero) is 1. The van der Waals surface area contributed by atoms with E-state index in [1.165, 1.54) is 18.7 Å². The number of nitrogens with zero attached hydrogens (tertiary/aromatic N) is 1. The molecule has 2 amide bonds.